The summed E-state index contributed by atoms with van der Waals surface area (Å²) < 4.78 is 7.59. The molecule has 15 heavy (non-hydrogen) atoms. The molecule has 82 valence electrons. The summed E-state index contributed by atoms with van der Waals surface area (Å²) in [5.41, 5.74) is 0. The molecule has 0 unspecified atom stereocenters. The summed E-state index contributed by atoms with van der Waals surface area (Å²) in [4.78, 5) is 11.2. The van der Waals surface area contributed by atoms with E-state index in [1.807, 2.05) is 18.2 Å². The van der Waals surface area contributed by atoms with E-state index in [1.165, 1.54) is 11.0 Å². The van der Waals surface area contributed by atoms with Crippen LogP contribution in [0.25, 0.3) is 0 Å². The van der Waals surface area contributed by atoms with Gasteiger partial charge >= 0.3 is 6.09 Å². The normalized spacial score (nSPS) is 10.1. The van der Waals surface area contributed by atoms with Gasteiger partial charge in [-0.3, -0.25) is 4.72 Å². The number of benzene rings is 1. The van der Waals surface area contributed by atoms with Gasteiger partial charge < -0.3 is 4.74 Å². The molecule has 0 atom stereocenters. The number of ether oxygens (including phenoxy) is 1. The summed E-state index contributed by atoms with van der Waals surface area (Å²) in [5, 5.41) is 0.465. The number of hydrogen-bond donors (Lipinski definition) is 1. The van der Waals surface area contributed by atoms with Crippen LogP contribution in [0, 0.1) is 0 Å². The maximum Gasteiger partial charge on any atom is 0.423 e. The van der Waals surface area contributed by atoms with Gasteiger partial charge in [0, 0.05) is 16.2 Å². The highest BCUT2D eigenvalue weighted by molar-refractivity contribution is 8.76. The molecule has 1 amide bonds. The SMILES string of the molecule is CC(C)SSNC(=O)Oc1ccccc1. The smallest absolute Gasteiger partial charge is 0.410 e. The van der Waals surface area contributed by atoms with Crippen LogP contribution >= 0.6 is 21.8 Å². The average Bonchev–Trinajstić information content (AvgIpc) is 2.18. The Morgan fingerprint density at radius 2 is 2.00 bits per heavy atom. The second-order valence-electron chi connectivity index (χ2n) is 3.03. The third-order valence-corrected chi connectivity index (χ3v) is 3.74. The lowest BCUT2D eigenvalue weighted by Gasteiger charge is -2.06. The largest absolute Gasteiger partial charge is 0.423 e. The molecule has 1 aromatic rings. The Morgan fingerprint density at radius 3 is 2.60 bits per heavy atom. The van der Waals surface area contributed by atoms with Crippen molar-refractivity contribution in [1.29, 1.82) is 0 Å². The van der Waals surface area contributed by atoms with Crippen molar-refractivity contribution in [1.82, 2.24) is 4.72 Å². The quantitative estimate of drug-likeness (QED) is 0.649. The predicted molar refractivity (Wildman–Crippen MR) is 65.9 cm³/mol. The molecule has 0 saturated heterocycles. The van der Waals surface area contributed by atoms with Gasteiger partial charge in [-0.25, -0.2) is 4.79 Å². The summed E-state index contributed by atoms with van der Waals surface area (Å²) in [6.45, 7) is 4.11. The van der Waals surface area contributed by atoms with Crippen LogP contribution < -0.4 is 9.46 Å². The molecule has 0 heterocycles. The Bertz CT molecular complexity index is 304. The van der Waals surface area contributed by atoms with Crippen LogP contribution in [0.2, 0.25) is 0 Å². The van der Waals surface area contributed by atoms with Crippen LogP contribution in [0.3, 0.4) is 0 Å². The van der Waals surface area contributed by atoms with Gasteiger partial charge in [-0.1, -0.05) is 42.8 Å². The average molecular weight is 243 g/mol. The van der Waals surface area contributed by atoms with Crippen molar-refractivity contribution in [3.8, 4) is 5.75 Å². The van der Waals surface area contributed by atoms with Crippen LogP contribution in [-0.4, -0.2) is 11.3 Å². The van der Waals surface area contributed by atoms with E-state index in [2.05, 4.69) is 18.6 Å². The minimum Gasteiger partial charge on any atom is -0.410 e. The molecule has 0 spiro atoms. The van der Waals surface area contributed by atoms with E-state index in [0.29, 0.717) is 11.0 Å². The maximum absolute atomic E-state index is 11.2. The molecule has 0 aromatic heterocycles. The van der Waals surface area contributed by atoms with Crippen molar-refractivity contribution in [3.63, 3.8) is 0 Å². The monoisotopic (exact) mass is 243 g/mol. The van der Waals surface area contributed by atoms with Gasteiger partial charge in [0.15, 0.2) is 0 Å². The molecule has 0 aliphatic heterocycles. The Kier molecular flexibility index (Phi) is 5.42. The van der Waals surface area contributed by atoms with Crippen molar-refractivity contribution < 1.29 is 9.53 Å². The maximum atomic E-state index is 11.2. The summed E-state index contributed by atoms with van der Waals surface area (Å²) in [5.74, 6) is 0.546. The standard InChI is InChI=1S/C10H13NO2S2/c1-8(2)14-15-11-10(12)13-9-6-4-3-5-7-9/h3-8H,1-2H3,(H,11,12). The van der Waals surface area contributed by atoms with E-state index >= 15 is 0 Å². The Hall–Kier alpha value is -0.810. The fourth-order valence-corrected chi connectivity index (χ4v) is 2.05. The van der Waals surface area contributed by atoms with Crippen LogP contribution in [0.5, 0.6) is 5.75 Å². The summed E-state index contributed by atoms with van der Waals surface area (Å²) in [6.07, 6.45) is -0.445. The molecule has 3 nitrogen and oxygen atoms in total. The molecule has 1 rings (SSSR count). The highest BCUT2D eigenvalue weighted by atomic mass is 33.1. The van der Waals surface area contributed by atoms with Gasteiger partial charge in [-0.05, 0) is 12.1 Å². The van der Waals surface area contributed by atoms with Crippen molar-refractivity contribution in [2.45, 2.75) is 19.1 Å². The second kappa shape index (κ2) is 6.63. The molecule has 0 aliphatic rings. The zero-order valence-electron chi connectivity index (χ0n) is 8.60. The summed E-state index contributed by atoms with van der Waals surface area (Å²) in [7, 11) is 2.86. The van der Waals surface area contributed by atoms with Crippen molar-refractivity contribution in [2.75, 3.05) is 0 Å². The zero-order chi connectivity index (χ0) is 11.1. The highest BCUT2D eigenvalue weighted by Gasteiger charge is 2.04. The molecule has 0 aliphatic carbocycles. The van der Waals surface area contributed by atoms with Gasteiger partial charge in [0.05, 0.1) is 0 Å². The highest BCUT2D eigenvalue weighted by Crippen LogP contribution is 2.22. The van der Waals surface area contributed by atoms with E-state index in [1.54, 1.807) is 22.9 Å². The van der Waals surface area contributed by atoms with Gasteiger partial charge in [-0.2, -0.15) is 0 Å². The van der Waals surface area contributed by atoms with E-state index in [0.717, 1.165) is 0 Å². The lowest BCUT2D eigenvalue weighted by atomic mass is 10.3. The molecule has 5 heteroatoms. The van der Waals surface area contributed by atoms with Crippen molar-refractivity contribution in [3.05, 3.63) is 30.3 Å². The number of rotatable bonds is 4. The number of amides is 1. The minimum atomic E-state index is -0.445. The van der Waals surface area contributed by atoms with E-state index in [4.69, 9.17) is 4.74 Å². The van der Waals surface area contributed by atoms with Crippen LogP contribution in [0.4, 0.5) is 4.79 Å². The number of carbonyl (C=O) groups is 1. The van der Waals surface area contributed by atoms with Crippen LogP contribution in [-0.2, 0) is 0 Å². The molecule has 1 aromatic carbocycles. The topological polar surface area (TPSA) is 38.3 Å². The molecule has 0 radical (unpaired) electrons. The summed E-state index contributed by atoms with van der Waals surface area (Å²) >= 11 is 0. The number of carbonyl (C=O) groups excluding carboxylic acids is 1. The first-order chi connectivity index (χ1) is 7.18. The fourth-order valence-electron chi connectivity index (χ4n) is 0.771. The number of nitrogens with one attached hydrogen (secondary N) is 1. The number of hydrogen-bond acceptors (Lipinski definition) is 4. The third kappa shape index (κ3) is 5.59. The van der Waals surface area contributed by atoms with Crippen LogP contribution in [0.1, 0.15) is 13.8 Å². The molecule has 0 bridgehead atoms. The predicted octanol–water partition coefficient (Wildman–Crippen LogP) is 3.48. The van der Waals surface area contributed by atoms with Gasteiger partial charge in [-0.15, -0.1) is 0 Å². The van der Waals surface area contributed by atoms with Crippen molar-refractivity contribution >= 4 is 27.9 Å². The van der Waals surface area contributed by atoms with E-state index < -0.39 is 6.09 Å². The Labute approximate surface area is 97.5 Å². The summed E-state index contributed by atoms with van der Waals surface area (Å²) in [6, 6.07) is 8.98. The molecule has 0 fully saturated rings. The second-order valence-corrected chi connectivity index (χ2v) is 5.62. The third-order valence-electron chi connectivity index (χ3n) is 1.32. The molecular formula is C10H13NO2S2. The Balaban J connectivity index is 2.25. The molecule has 0 saturated carbocycles. The minimum absolute atomic E-state index is 0.445. The van der Waals surface area contributed by atoms with Crippen molar-refractivity contribution in [2.24, 2.45) is 0 Å². The zero-order valence-corrected chi connectivity index (χ0v) is 10.2. The first-order valence-corrected chi connectivity index (χ1v) is 6.75. The first-order valence-electron chi connectivity index (χ1n) is 4.53. The molecular weight excluding hydrogens is 230 g/mol. The lowest BCUT2D eigenvalue weighted by Crippen LogP contribution is -2.19. The van der Waals surface area contributed by atoms with E-state index in [-0.39, 0.29) is 0 Å². The van der Waals surface area contributed by atoms with E-state index in [9.17, 15) is 4.79 Å². The van der Waals surface area contributed by atoms with Gasteiger partial charge in [0.2, 0.25) is 0 Å². The fraction of sp³-hybridized carbons (Fsp3) is 0.300. The van der Waals surface area contributed by atoms with Gasteiger partial charge in [0.1, 0.15) is 5.75 Å². The number of para-hydroxylation sites is 1. The molecule has 1 N–H and O–H groups in total. The first kappa shape index (κ1) is 12.3. The van der Waals surface area contributed by atoms with Gasteiger partial charge in [0.25, 0.3) is 0 Å². The lowest BCUT2D eigenvalue weighted by molar-refractivity contribution is 0.207. The van der Waals surface area contributed by atoms with Crippen LogP contribution in [0.15, 0.2) is 30.3 Å². The Morgan fingerprint density at radius 1 is 1.33 bits per heavy atom.